The number of Topliss-reactive ketones (excluding diaryl/α,β-unsaturated/α-hetero) is 1. The summed E-state index contributed by atoms with van der Waals surface area (Å²) in [4.78, 5) is 11.2. The quantitative estimate of drug-likeness (QED) is 0.734. The summed E-state index contributed by atoms with van der Waals surface area (Å²) in [7, 11) is 0. The van der Waals surface area contributed by atoms with Gasteiger partial charge in [-0.15, -0.1) is 0 Å². The molecule has 0 aliphatic heterocycles. The van der Waals surface area contributed by atoms with Gasteiger partial charge < -0.3 is 5.73 Å². The van der Waals surface area contributed by atoms with Crippen LogP contribution >= 0.6 is 0 Å². The number of nitrogens with two attached hydrogens (primary N) is 1. The van der Waals surface area contributed by atoms with Crippen molar-refractivity contribution in [2.75, 3.05) is 6.54 Å². The van der Waals surface area contributed by atoms with Gasteiger partial charge >= 0.3 is 0 Å². The van der Waals surface area contributed by atoms with Crippen LogP contribution in [0.1, 0.15) is 51.4 Å². The zero-order valence-electron chi connectivity index (χ0n) is 8.93. The molecule has 2 saturated carbocycles. The molecule has 2 rings (SSSR count). The van der Waals surface area contributed by atoms with Gasteiger partial charge in [-0.05, 0) is 43.6 Å². The van der Waals surface area contributed by atoms with E-state index in [4.69, 9.17) is 5.73 Å². The van der Waals surface area contributed by atoms with E-state index in [2.05, 4.69) is 0 Å². The lowest BCUT2D eigenvalue weighted by Crippen LogP contribution is -2.40. The Labute approximate surface area is 86.2 Å². The highest BCUT2D eigenvalue weighted by atomic mass is 16.1. The fraction of sp³-hybridized carbons (Fsp3) is 0.917. The van der Waals surface area contributed by atoms with Gasteiger partial charge in [0.1, 0.15) is 5.78 Å². The van der Waals surface area contributed by atoms with Gasteiger partial charge in [0.2, 0.25) is 0 Å². The SMILES string of the molecule is NCC1(C2CCCC2)CCC(=O)CC1. The standard InChI is InChI=1S/C12H21NO/c13-9-12(10-3-1-2-4-10)7-5-11(14)6-8-12/h10H,1-9,13H2. The minimum absolute atomic E-state index is 0.338. The lowest BCUT2D eigenvalue weighted by atomic mass is 9.65. The highest BCUT2D eigenvalue weighted by Crippen LogP contribution is 2.47. The van der Waals surface area contributed by atoms with Crippen LogP contribution in [-0.2, 0) is 4.79 Å². The highest BCUT2D eigenvalue weighted by molar-refractivity contribution is 5.79. The van der Waals surface area contributed by atoms with E-state index in [-0.39, 0.29) is 0 Å². The van der Waals surface area contributed by atoms with Crippen molar-refractivity contribution in [3.63, 3.8) is 0 Å². The van der Waals surface area contributed by atoms with Crippen LogP contribution in [0.25, 0.3) is 0 Å². The van der Waals surface area contributed by atoms with E-state index < -0.39 is 0 Å². The maximum Gasteiger partial charge on any atom is 0.132 e. The van der Waals surface area contributed by atoms with Gasteiger partial charge in [-0.25, -0.2) is 0 Å². The molecule has 2 aliphatic carbocycles. The number of rotatable bonds is 2. The molecule has 0 bridgehead atoms. The monoisotopic (exact) mass is 195 g/mol. The Morgan fingerprint density at radius 2 is 1.79 bits per heavy atom. The zero-order chi connectivity index (χ0) is 10.0. The van der Waals surface area contributed by atoms with E-state index in [1.165, 1.54) is 25.7 Å². The van der Waals surface area contributed by atoms with Crippen molar-refractivity contribution < 1.29 is 4.79 Å². The third-order valence-electron chi connectivity index (χ3n) is 4.43. The molecule has 14 heavy (non-hydrogen) atoms. The summed E-state index contributed by atoms with van der Waals surface area (Å²) in [5, 5.41) is 0. The van der Waals surface area contributed by atoms with Crippen molar-refractivity contribution in [1.82, 2.24) is 0 Å². The van der Waals surface area contributed by atoms with Gasteiger partial charge in [-0.2, -0.15) is 0 Å². The summed E-state index contributed by atoms with van der Waals surface area (Å²) in [6.07, 6.45) is 9.15. The predicted molar refractivity (Wildman–Crippen MR) is 56.9 cm³/mol. The van der Waals surface area contributed by atoms with Gasteiger partial charge in [0, 0.05) is 12.8 Å². The normalized spacial score (nSPS) is 28.2. The molecule has 0 spiro atoms. The number of carbonyl (C=O) groups is 1. The van der Waals surface area contributed by atoms with Crippen molar-refractivity contribution in [3.05, 3.63) is 0 Å². The molecule has 0 unspecified atom stereocenters. The van der Waals surface area contributed by atoms with Crippen LogP contribution in [0.4, 0.5) is 0 Å². The second kappa shape index (κ2) is 4.01. The summed E-state index contributed by atoms with van der Waals surface area (Å²) in [5.74, 6) is 1.27. The molecule has 2 fully saturated rings. The van der Waals surface area contributed by atoms with E-state index in [1.807, 2.05) is 0 Å². The molecular weight excluding hydrogens is 174 g/mol. The topological polar surface area (TPSA) is 43.1 Å². The fourth-order valence-corrected chi connectivity index (χ4v) is 3.34. The minimum Gasteiger partial charge on any atom is -0.330 e. The second-order valence-corrected chi connectivity index (χ2v) is 5.09. The Morgan fingerprint density at radius 3 is 2.29 bits per heavy atom. The summed E-state index contributed by atoms with van der Waals surface area (Å²) in [6, 6.07) is 0. The van der Waals surface area contributed by atoms with E-state index in [0.717, 1.165) is 38.1 Å². The van der Waals surface area contributed by atoms with Crippen molar-refractivity contribution in [2.24, 2.45) is 17.1 Å². The smallest absolute Gasteiger partial charge is 0.132 e. The van der Waals surface area contributed by atoms with Crippen LogP contribution < -0.4 is 5.73 Å². The maximum absolute atomic E-state index is 11.2. The molecule has 0 radical (unpaired) electrons. The first-order valence-electron chi connectivity index (χ1n) is 5.99. The Hall–Kier alpha value is -0.370. The van der Waals surface area contributed by atoms with Crippen molar-refractivity contribution >= 4 is 5.78 Å². The van der Waals surface area contributed by atoms with Gasteiger partial charge in [0.05, 0.1) is 0 Å². The van der Waals surface area contributed by atoms with E-state index in [1.54, 1.807) is 0 Å². The highest BCUT2D eigenvalue weighted by Gasteiger charge is 2.41. The van der Waals surface area contributed by atoms with E-state index >= 15 is 0 Å². The first kappa shape index (κ1) is 10.2. The Kier molecular flexibility index (Phi) is 2.91. The van der Waals surface area contributed by atoms with Crippen LogP contribution in [0.15, 0.2) is 0 Å². The molecule has 2 heteroatoms. The van der Waals surface area contributed by atoms with Crippen molar-refractivity contribution in [2.45, 2.75) is 51.4 Å². The molecule has 0 aromatic heterocycles. The summed E-state index contributed by atoms with van der Waals surface area (Å²) in [5.41, 5.74) is 6.29. The summed E-state index contributed by atoms with van der Waals surface area (Å²) >= 11 is 0. The van der Waals surface area contributed by atoms with Crippen molar-refractivity contribution in [3.8, 4) is 0 Å². The lowest BCUT2D eigenvalue weighted by Gasteiger charge is -2.41. The lowest BCUT2D eigenvalue weighted by molar-refractivity contribution is -0.123. The number of hydrogen-bond acceptors (Lipinski definition) is 2. The zero-order valence-corrected chi connectivity index (χ0v) is 8.93. The average molecular weight is 195 g/mol. The van der Waals surface area contributed by atoms with Crippen LogP contribution in [-0.4, -0.2) is 12.3 Å². The summed E-state index contributed by atoms with van der Waals surface area (Å²) in [6.45, 7) is 0.797. The molecule has 2 aliphatic rings. The number of carbonyl (C=O) groups excluding carboxylic acids is 1. The Bertz CT molecular complexity index is 208. The number of ketones is 1. The first-order chi connectivity index (χ1) is 6.77. The third kappa shape index (κ3) is 1.72. The van der Waals surface area contributed by atoms with Gasteiger partial charge in [0.15, 0.2) is 0 Å². The second-order valence-electron chi connectivity index (χ2n) is 5.09. The third-order valence-corrected chi connectivity index (χ3v) is 4.43. The Balaban J connectivity index is 2.05. The van der Waals surface area contributed by atoms with Crippen LogP contribution in [0, 0.1) is 11.3 Å². The molecule has 80 valence electrons. The molecule has 0 aromatic rings. The summed E-state index contributed by atoms with van der Waals surface area (Å²) < 4.78 is 0. The minimum atomic E-state index is 0.338. The molecule has 0 saturated heterocycles. The molecular formula is C12H21NO. The molecule has 2 nitrogen and oxygen atoms in total. The fourth-order valence-electron chi connectivity index (χ4n) is 3.34. The molecule has 0 heterocycles. The van der Waals surface area contributed by atoms with Crippen LogP contribution in [0.3, 0.4) is 0 Å². The maximum atomic E-state index is 11.2. The molecule has 0 atom stereocenters. The molecule has 0 aromatic carbocycles. The van der Waals surface area contributed by atoms with Crippen molar-refractivity contribution in [1.29, 1.82) is 0 Å². The van der Waals surface area contributed by atoms with E-state index in [9.17, 15) is 4.79 Å². The number of hydrogen-bond donors (Lipinski definition) is 1. The average Bonchev–Trinajstić information content (AvgIpc) is 2.73. The largest absolute Gasteiger partial charge is 0.330 e. The van der Waals surface area contributed by atoms with E-state index in [0.29, 0.717) is 11.2 Å². The predicted octanol–water partition coefficient (Wildman–Crippen LogP) is 2.26. The first-order valence-corrected chi connectivity index (χ1v) is 5.99. The van der Waals surface area contributed by atoms with Crippen LogP contribution in [0.2, 0.25) is 0 Å². The van der Waals surface area contributed by atoms with Gasteiger partial charge in [0.25, 0.3) is 0 Å². The van der Waals surface area contributed by atoms with Gasteiger partial charge in [-0.1, -0.05) is 12.8 Å². The molecule has 2 N–H and O–H groups in total. The Morgan fingerprint density at radius 1 is 1.21 bits per heavy atom. The van der Waals surface area contributed by atoms with Crippen LogP contribution in [0.5, 0.6) is 0 Å². The van der Waals surface area contributed by atoms with Gasteiger partial charge in [-0.3, -0.25) is 4.79 Å². The molecule has 0 amide bonds.